The van der Waals surface area contributed by atoms with Crippen molar-refractivity contribution in [2.75, 3.05) is 0 Å². The summed E-state index contributed by atoms with van der Waals surface area (Å²) in [6.45, 7) is 0. The van der Waals surface area contributed by atoms with Gasteiger partial charge in [0.15, 0.2) is 0 Å². The van der Waals surface area contributed by atoms with Crippen LogP contribution >= 0.6 is 0 Å². The Morgan fingerprint density at radius 3 is 2.44 bits per heavy atom. The topological polar surface area (TPSA) is 37.3 Å². The number of aliphatic carboxylic acids is 1. The molecule has 1 aliphatic carbocycles. The standard InChI is InChI=1S/C12H12F2O2/c13-8-3-4-10(14)9(7-8)12(11(15)16)5-1-2-6-12/h3-4,7H,1-2,5-6H2,(H,15,16). The highest BCUT2D eigenvalue weighted by atomic mass is 19.1. The molecule has 0 unspecified atom stereocenters. The van der Waals surface area contributed by atoms with E-state index in [0.29, 0.717) is 12.8 Å². The third-order valence-electron chi connectivity index (χ3n) is 3.31. The average molecular weight is 226 g/mol. The first-order valence-corrected chi connectivity index (χ1v) is 5.25. The van der Waals surface area contributed by atoms with Gasteiger partial charge in [-0.15, -0.1) is 0 Å². The molecule has 1 N–H and O–H groups in total. The van der Waals surface area contributed by atoms with E-state index in [1.54, 1.807) is 0 Å². The van der Waals surface area contributed by atoms with Crippen molar-refractivity contribution in [3.8, 4) is 0 Å². The van der Waals surface area contributed by atoms with E-state index in [1.807, 2.05) is 0 Å². The van der Waals surface area contributed by atoms with E-state index in [-0.39, 0.29) is 5.56 Å². The fraction of sp³-hybridized carbons (Fsp3) is 0.417. The SMILES string of the molecule is O=C(O)C1(c2cc(F)ccc2F)CCCC1. The molecule has 4 heteroatoms. The van der Waals surface area contributed by atoms with Gasteiger partial charge in [-0.2, -0.15) is 0 Å². The van der Waals surface area contributed by atoms with Gasteiger partial charge < -0.3 is 5.11 Å². The normalized spacial score (nSPS) is 18.6. The summed E-state index contributed by atoms with van der Waals surface area (Å²) < 4.78 is 26.7. The average Bonchev–Trinajstić information content (AvgIpc) is 2.71. The summed E-state index contributed by atoms with van der Waals surface area (Å²) in [6.07, 6.45) is 2.23. The van der Waals surface area contributed by atoms with E-state index in [0.717, 1.165) is 31.0 Å². The molecule has 1 aromatic carbocycles. The summed E-state index contributed by atoms with van der Waals surface area (Å²) in [4.78, 5) is 11.3. The van der Waals surface area contributed by atoms with Crippen molar-refractivity contribution in [2.24, 2.45) is 0 Å². The maximum Gasteiger partial charge on any atom is 0.314 e. The number of hydrogen-bond acceptors (Lipinski definition) is 1. The number of benzene rings is 1. The zero-order valence-corrected chi connectivity index (χ0v) is 8.67. The molecule has 0 amide bonds. The molecule has 1 fully saturated rings. The Balaban J connectivity index is 2.55. The van der Waals surface area contributed by atoms with Gasteiger partial charge in [0.1, 0.15) is 11.6 Å². The largest absolute Gasteiger partial charge is 0.481 e. The molecule has 86 valence electrons. The molecular formula is C12H12F2O2. The van der Waals surface area contributed by atoms with Gasteiger partial charge in [0.2, 0.25) is 0 Å². The summed E-state index contributed by atoms with van der Waals surface area (Å²) >= 11 is 0. The lowest BCUT2D eigenvalue weighted by atomic mass is 9.78. The van der Waals surface area contributed by atoms with Crippen LogP contribution in [0.25, 0.3) is 0 Å². The second kappa shape index (κ2) is 3.85. The molecule has 0 aromatic heterocycles. The predicted octanol–water partition coefficient (Wildman–Crippen LogP) is 2.86. The number of carboxylic acids is 1. The molecule has 2 rings (SSSR count). The minimum Gasteiger partial charge on any atom is -0.481 e. The van der Waals surface area contributed by atoms with Crippen molar-refractivity contribution >= 4 is 5.97 Å². The van der Waals surface area contributed by atoms with Gasteiger partial charge in [-0.25, -0.2) is 8.78 Å². The number of hydrogen-bond donors (Lipinski definition) is 1. The summed E-state index contributed by atoms with van der Waals surface area (Å²) in [6, 6.07) is 3.01. The Morgan fingerprint density at radius 1 is 1.25 bits per heavy atom. The Bertz CT molecular complexity index is 423. The molecule has 1 aromatic rings. The van der Waals surface area contributed by atoms with Crippen molar-refractivity contribution in [2.45, 2.75) is 31.1 Å². The summed E-state index contributed by atoms with van der Waals surface area (Å²) in [7, 11) is 0. The Labute approximate surface area is 91.9 Å². The minimum atomic E-state index is -1.23. The van der Waals surface area contributed by atoms with Crippen LogP contribution in [0.1, 0.15) is 31.2 Å². The van der Waals surface area contributed by atoms with Crippen LogP contribution in [0.4, 0.5) is 8.78 Å². The lowest BCUT2D eigenvalue weighted by Crippen LogP contribution is -2.33. The monoisotopic (exact) mass is 226 g/mol. The predicted molar refractivity (Wildman–Crippen MR) is 54.1 cm³/mol. The number of carboxylic acid groups (broad SMARTS) is 1. The van der Waals surface area contributed by atoms with Gasteiger partial charge in [-0.05, 0) is 31.0 Å². The summed E-state index contributed by atoms with van der Waals surface area (Å²) in [5, 5.41) is 9.24. The molecule has 0 atom stereocenters. The van der Waals surface area contributed by atoms with Crippen LogP contribution in [0, 0.1) is 11.6 Å². The third kappa shape index (κ3) is 1.58. The second-order valence-electron chi connectivity index (χ2n) is 4.22. The van der Waals surface area contributed by atoms with Crippen LogP contribution in [0.5, 0.6) is 0 Å². The van der Waals surface area contributed by atoms with E-state index in [1.165, 1.54) is 0 Å². The lowest BCUT2D eigenvalue weighted by Gasteiger charge is -2.24. The van der Waals surface area contributed by atoms with Crippen molar-refractivity contribution < 1.29 is 18.7 Å². The van der Waals surface area contributed by atoms with Crippen molar-refractivity contribution in [3.63, 3.8) is 0 Å². The van der Waals surface area contributed by atoms with Crippen molar-refractivity contribution in [1.29, 1.82) is 0 Å². The van der Waals surface area contributed by atoms with Gasteiger partial charge in [-0.3, -0.25) is 4.79 Å². The molecule has 0 bridgehead atoms. The number of carbonyl (C=O) groups is 1. The first-order chi connectivity index (χ1) is 7.56. The number of rotatable bonds is 2. The second-order valence-corrected chi connectivity index (χ2v) is 4.22. The van der Waals surface area contributed by atoms with Crippen LogP contribution in [0.15, 0.2) is 18.2 Å². The summed E-state index contributed by atoms with van der Waals surface area (Å²) in [5.74, 6) is -2.29. The smallest absolute Gasteiger partial charge is 0.314 e. The van der Waals surface area contributed by atoms with E-state index in [2.05, 4.69) is 0 Å². The molecule has 0 heterocycles. The van der Waals surface area contributed by atoms with Crippen LogP contribution in [0.2, 0.25) is 0 Å². The molecule has 1 aliphatic rings. The van der Waals surface area contributed by atoms with Gasteiger partial charge in [0.05, 0.1) is 5.41 Å². The Kier molecular flexibility index (Phi) is 2.66. The quantitative estimate of drug-likeness (QED) is 0.841. The van der Waals surface area contributed by atoms with E-state index in [9.17, 15) is 18.7 Å². The van der Waals surface area contributed by atoms with Crippen LogP contribution < -0.4 is 0 Å². The highest BCUT2D eigenvalue weighted by Gasteiger charge is 2.44. The molecule has 2 nitrogen and oxygen atoms in total. The molecule has 16 heavy (non-hydrogen) atoms. The molecule has 0 saturated heterocycles. The van der Waals surface area contributed by atoms with Gasteiger partial charge in [-0.1, -0.05) is 12.8 Å². The van der Waals surface area contributed by atoms with Gasteiger partial charge in [0.25, 0.3) is 0 Å². The molecule has 0 radical (unpaired) electrons. The first kappa shape index (κ1) is 11.0. The highest BCUT2D eigenvalue weighted by Crippen LogP contribution is 2.42. The van der Waals surface area contributed by atoms with Crippen molar-refractivity contribution in [3.05, 3.63) is 35.4 Å². The van der Waals surface area contributed by atoms with Gasteiger partial charge >= 0.3 is 5.97 Å². The molecular weight excluding hydrogens is 214 g/mol. The van der Waals surface area contributed by atoms with E-state index >= 15 is 0 Å². The van der Waals surface area contributed by atoms with Crippen LogP contribution in [-0.4, -0.2) is 11.1 Å². The van der Waals surface area contributed by atoms with Crippen LogP contribution in [-0.2, 0) is 10.2 Å². The minimum absolute atomic E-state index is 0.0162. The van der Waals surface area contributed by atoms with Crippen molar-refractivity contribution in [1.82, 2.24) is 0 Å². The lowest BCUT2D eigenvalue weighted by molar-refractivity contribution is -0.143. The van der Waals surface area contributed by atoms with Gasteiger partial charge in [0, 0.05) is 5.56 Å². The molecule has 0 aliphatic heterocycles. The molecule has 1 saturated carbocycles. The van der Waals surface area contributed by atoms with E-state index < -0.39 is 23.0 Å². The zero-order valence-electron chi connectivity index (χ0n) is 8.67. The number of halogens is 2. The maximum atomic E-state index is 13.6. The fourth-order valence-corrected chi connectivity index (χ4v) is 2.44. The third-order valence-corrected chi connectivity index (χ3v) is 3.31. The zero-order chi connectivity index (χ0) is 11.8. The first-order valence-electron chi connectivity index (χ1n) is 5.25. The fourth-order valence-electron chi connectivity index (χ4n) is 2.44. The Hall–Kier alpha value is -1.45. The van der Waals surface area contributed by atoms with Crippen LogP contribution in [0.3, 0.4) is 0 Å². The maximum absolute atomic E-state index is 13.6. The molecule has 0 spiro atoms. The van der Waals surface area contributed by atoms with E-state index in [4.69, 9.17) is 0 Å². The Morgan fingerprint density at radius 2 is 1.88 bits per heavy atom. The summed E-state index contributed by atoms with van der Waals surface area (Å²) in [5.41, 5.74) is -1.25. The highest BCUT2D eigenvalue weighted by molar-refractivity contribution is 5.81.